The van der Waals surface area contributed by atoms with Crippen LogP contribution in [0.2, 0.25) is 0 Å². The van der Waals surface area contributed by atoms with Gasteiger partial charge in [0.1, 0.15) is 0 Å². The maximum atomic E-state index is 7.35. The lowest BCUT2D eigenvalue weighted by molar-refractivity contribution is 0.479. The number of nitrogens with two attached hydrogens (primary N) is 1. The summed E-state index contributed by atoms with van der Waals surface area (Å²) in [7, 11) is 0. The smallest absolute Gasteiger partial charge is 0.0933 e. The first kappa shape index (κ1) is 7.54. The lowest BCUT2D eigenvalue weighted by Gasteiger charge is -2.24. The van der Waals surface area contributed by atoms with Crippen molar-refractivity contribution in [2.24, 2.45) is 5.73 Å². The summed E-state index contributed by atoms with van der Waals surface area (Å²) >= 11 is 0. The predicted octanol–water partition coefficient (Wildman–Crippen LogP) is 0.455. The molecule has 58 valence electrons. The van der Waals surface area contributed by atoms with Crippen LogP contribution >= 0.6 is 0 Å². The molecule has 1 saturated heterocycles. The van der Waals surface area contributed by atoms with Gasteiger partial charge in [0.05, 0.1) is 5.84 Å². The molecule has 0 bridgehead atoms. The fraction of sp³-hybridized carbons (Fsp3) is 0.857. The zero-order valence-corrected chi connectivity index (χ0v) is 6.19. The summed E-state index contributed by atoms with van der Waals surface area (Å²) in [5.74, 6) is 0.685. The first-order chi connectivity index (χ1) is 4.83. The Labute approximate surface area is 61.5 Å². The second-order valence-electron chi connectivity index (χ2n) is 2.79. The molecule has 0 aliphatic carbocycles. The highest BCUT2D eigenvalue weighted by atomic mass is 15.0. The third-order valence-corrected chi connectivity index (χ3v) is 1.87. The predicted molar refractivity (Wildman–Crippen MR) is 42.2 cm³/mol. The van der Waals surface area contributed by atoms with E-state index in [-0.39, 0.29) is 0 Å². The van der Waals surface area contributed by atoms with E-state index in [4.69, 9.17) is 11.1 Å². The van der Waals surface area contributed by atoms with Crippen molar-refractivity contribution < 1.29 is 0 Å². The van der Waals surface area contributed by atoms with Crippen LogP contribution in [0.15, 0.2) is 0 Å². The molecule has 3 heteroatoms. The molecule has 3 nitrogen and oxygen atoms in total. The van der Waals surface area contributed by atoms with Crippen molar-refractivity contribution in [2.75, 3.05) is 6.54 Å². The van der Waals surface area contributed by atoms with E-state index in [9.17, 15) is 0 Å². The van der Waals surface area contributed by atoms with Crippen molar-refractivity contribution in [3.05, 3.63) is 0 Å². The molecule has 1 atom stereocenters. The summed E-state index contributed by atoms with van der Waals surface area (Å²) in [6.45, 7) is 0.727. The number of amidine groups is 1. The van der Waals surface area contributed by atoms with Crippen molar-refractivity contribution in [1.82, 2.24) is 5.32 Å². The highest BCUT2D eigenvalue weighted by Gasteiger charge is 2.13. The zero-order chi connectivity index (χ0) is 7.40. The molecular formula is C7H15N3. The Bertz CT molecular complexity index is 120. The van der Waals surface area contributed by atoms with Crippen molar-refractivity contribution in [1.29, 1.82) is 5.41 Å². The minimum Gasteiger partial charge on any atom is -0.371 e. The van der Waals surface area contributed by atoms with Gasteiger partial charge in [-0.05, 0) is 25.8 Å². The molecule has 1 rings (SSSR count). The van der Waals surface area contributed by atoms with Crippen LogP contribution in [-0.2, 0) is 0 Å². The van der Waals surface area contributed by atoms with Crippen LogP contribution in [0, 0.1) is 5.41 Å². The summed E-state index contributed by atoms with van der Waals surface area (Å²) in [6.07, 6.45) is 4.25. The van der Waals surface area contributed by atoms with Crippen molar-refractivity contribution in [2.45, 2.75) is 31.7 Å². The lowest BCUT2D eigenvalue weighted by Crippen LogP contribution is -2.39. The van der Waals surface area contributed by atoms with Gasteiger partial charge in [-0.2, -0.15) is 0 Å². The highest BCUT2D eigenvalue weighted by Crippen LogP contribution is 2.09. The molecule has 0 aromatic heterocycles. The molecule has 1 fully saturated rings. The Kier molecular flexibility index (Phi) is 2.68. The minimum atomic E-state index is 0.478. The number of hydrogen-bond donors (Lipinski definition) is 3. The van der Waals surface area contributed by atoms with Crippen LogP contribution in [0.5, 0.6) is 0 Å². The molecule has 0 aromatic carbocycles. The Balaban J connectivity index is 2.25. The van der Waals surface area contributed by atoms with Gasteiger partial charge >= 0.3 is 0 Å². The maximum absolute atomic E-state index is 7.35. The molecule has 0 aromatic rings. The Morgan fingerprint density at radius 2 is 2.50 bits per heavy atom. The van der Waals surface area contributed by atoms with E-state index in [1.807, 2.05) is 0 Å². The van der Waals surface area contributed by atoms with Gasteiger partial charge in [-0.15, -0.1) is 0 Å². The second kappa shape index (κ2) is 3.56. The van der Waals surface area contributed by atoms with Gasteiger partial charge in [0.2, 0.25) is 0 Å². The summed E-state index contributed by atoms with van der Waals surface area (Å²) in [5.41, 5.74) is 5.39. The molecule has 10 heavy (non-hydrogen) atoms. The first-order valence-electron chi connectivity index (χ1n) is 3.87. The Hall–Kier alpha value is -0.570. The zero-order valence-electron chi connectivity index (χ0n) is 6.19. The van der Waals surface area contributed by atoms with Crippen LogP contribution < -0.4 is 11.1 Å². The summed E-state index contributed by atoms with van der Waals surface area (Å²) in [5, 5.41) is 10.5. The van der Waals surface area contributed by atoms with Crippen molar-refractivity contribution in [3.8, 4) is 0 Å². The van der Waals surface area contributed by atoms with Crippen LogP contribution in [-0.4, -0.2) is 18.4 Å². The highest BCUT2D eigenvalue weighted by molar-refractivity contribution is 5.79. The van der Waals surface area contributed by atoms with E-state index >= 15 is 0 Å². The van der Waals surface area contributed by atoms with Gasteiger partial charge < -0.3 is 11.1 Å². The minimum absolute atomic E-state index is 0.478. The molecule has 1 aliphatic rings. The van der Waals surface area contributed by atoms with Crippen molar-refractivity contribution in [3.63, 3.8) is 0 Å². The van der Waals surface area contributed by atoms with Crippen LogP contribution in [0.4, 0.5) is 0 Å². The molecule has 1 unspecified atom stereocenters. The summed E-state index contributed by atoms with van der Waals surface area (Å²) in [6, 6.07) is 0.478. The standard InChI is InChI=1S/C7H15N3/c8-5-4-6-2-1-3-7(9)10-6/h6H,1-5,8H2,(H2,9,10). The topological polar surface area (TPSA) is 61.9 Å². The molecule has 0 radical (unpaired) electrons. The largest absolute Gasteiger partial charge is 0.371 e. The third kappa shape index (κ3) is 1.99. The number of rotatable bonds is 2. The normalized spacial score (nSPS) is 26.1. The average molecular weight is 141 g/mol. The third-order valence-electron chi connectivity index (χ3n) is 1.87. The Morgan fingerprint density at radius 1 is 1.70 bits per heavy atom. The van der Waals surface area contributed by atoms with Crippen LogP contribution in [0.25, 0.3) is 0 Å². The van der Waals surface area contributed by atoms with Gasteiger partial charge in [0.15, 0.2) is 0 Å². The van der Waals surface area contributed by atoms with Gasteiger partial charge in [0, 0.05) is 12.5 Å². The molecule has 1 aliphatic heterocycles. The molecular weight excluding hydrogens is 126 g/mol. The van der Waals surface area contributed by atoms with E-state index in [0.29, 0.717) is 11.9 Å². The molecule has 0 saturated carbocycles. The van der Waals surface area contributed by atoms with E-state index in [1.165, 1.54) is 6.42 Å². The van der Waals surface area contributed by atoms with Gasteiger partial charge in [0.25, 0.3) is 0 Å². The number of piperidine rings is 1. The van der Waals surface area contributed by atoms with Gasteiger partial charge in [-0.3, -0.25) is 5.41 Å². The molecule has 0 spiro atoms. The molecule has 1 heterocycles. The van der Waals surface area contributed by atoms with Gasteiger partial charge in [-0.1, -0.05) is 0 Å². The van der Waals surface area contributed by atoms with E-state index < -0.39 is 0 Å². The van der Waals surface area contributed by atoms with E-state index in [1.54, 1.807) is 0 Å². The van der Waals surface area contributed by atoms with E-state index in [2.05, 4.69) is 5.32 Å². The fourth-order valence-corrected chi connectivity index (χ4v) is 1.33. The lowest BCUT2D eigenvalue weighted by atomic mass is 10.0. The number of hydrogen-bond acceptors (Lipinski definition) is 2. The monoisotopic (exact) mass is 141 g/mol. The fourth-order valence-electron chi connectivity index (χ4n) is 1.33. The van der Waals surface area contributed by atoms with E-state index in [0.717, 1.165) is 25.8 Å². The number of nitrogens with one attached hydrogen (secondary N) is 2. The van der Waals surface area contributed by atoms with Crippen LogP contribution in [0.3, 0.4) is 0 Å². The van der Waals surface area contributed by atoms with Crippen molar-refractivity contribution >= 4 is 5.84 Å². The van der Waals surface area contributed by atoms with Crippen LogP contribution in [0.1, 0.15) is 25.7 Å². The summed E-state index contributed by atoms with van der Waals surface area (Å²) in [4.78, 5) is 0. The quantitative estimate of drug-likeness (QED) is 0.523. The average Bonchev–Trinajstić information content (AvgIpc) is 1.88. The maximum Gasteiger partial charge on any atom is 0.0933 e. The SMILES string of the molecule is N=C1CCCC(CCN)N1. The second-order valence-corrected chi connectivity index (χ2v) is 2.79. The summed E-state index contributed by atoms with van der Waals surface area (Å²) < 4.78 is 0. The molecule has 0 amide bonds. The molecule has 4 N–H and O–H groups in total. The van der Waals surface area contributed by atoms with Gasteiger partial charge in [-0.25, -0.2) is 0 Å². The first-order valence-corrected chi connectivity index (χ1v) is 3.87. The Morgan fingerprint density at radius 3 is 3.10 bits per heavy atom.